The summed E-state index contributed by atoms with van der Waals surface area (Å²) in [7, 11) is 0. The maximum atomic E-state index is 13.2. The number of halogens is 1. The molecule has 0 saturated heterocycles. The first-order valence-corrected chi connectivity index (χ1v) is 4.34. The second-order valence-electron chi connectivity index (χ2n) is 3.42. The number of fused-ring (bicyclic) bond motifs is 1. The highest BCUT2D eigenvalue weighted by molar-refractivity contribution is 5.82. The number of hydrogen-bond donors (Lipinski definition) is 0. The zero-order valence-corrected chi connectivity index (χ0v) is 7.66. The molecule has 13 heavy (non-hydrogen) atoms. The minimum atomic E-state index is 0.252. The van der Waals surface area contributed by atoms with Crippen molar-refractivity contribution in [1.29, 1.82) is 0 Å². The van der Waals surface area contributed by atoms with Gasteiger partial charge in [0.05, 0.1) is 5.69 Å². The lowest BCUT2D eigenvalue weighted by molar-refractivity contribution is 0.328. The van der Waals surface area contributed by atoms with Crippen LogP contribution in [0.4, 0.5) is 4.48 Å². The third kappa shape index (κ3) is 1.20. The van der Waals surface area contributed by atoms with E-state index >= 15 is 0 Å². The van der Waals surface area contributed by atoms with Gasteiger partial charge in [-0.2, -0.15) is 0 Å². The van der Waals surface area contributed by atoms with Gasteiger partial charge in [0.2, 0.25) is 0 Å². The molecule has 0 saturated carbocycles. The molecule has 68 valence electrons. The Morgan fingerprint density at radius 1 is 1.31 bits per heavy atom. The van der Waals surface area contributed by atoms with Crippen LogP contribution < -0.4 is 0 Å². The first kappa shape index (κ1) is 8.23. The predicted octanol–water partition coefficient (Wildman–Crippen LogP) is 2.89. The Hall–Kier alpha value is -1.38. The fourth-order valence-corrected chi connectivity index (χ4v) is 1.48. The quantitative estimate of drug-likeness (QED) is 0.656. The van der Waals surface area contributed by atoms with E-state index in [-0.39, 0.29) is 5.92 Å². The van der Waals surface area contributed by atoms with Gasteiger partial charge in [0, 0.05) is 5.39 Å². The van der Waals surface area contributed by atoms with E-state index in [1.54, 1.807) is 6.07 Å². The number of rotatable bonds is 1. The standard InChI is InChI=1S/C10H11FN2/c1-7(2)10-8-5-3-4-6-9(8)13(11)12-10/h3-7H,1-2H3. The number of para-hydroxylation sites is 1. The molecular weight excluding hydrogens is 167 g/mol. The average Bonchev–Trinajstić information content (AvgIpc) is 2.45. The van der Waals surface area contributed by atoms with Crippen LogP contribution in [-0.2, 0) is 0 Å². The van der Waals surface area contributed by atoms with Crippen LogP contribution in [0.25, 0.3) is 10.9 Å². The molecule has 1 heterocycles. The molecule has 0 unspecified atom stereocenters. The summed E-state index contributed by atoms with van der Waals surface area (Å²) in [5.74, 6) is 0.252. The third-order valence-electron chi connectivity index (χ3n) is 2.12. The van der Waals surface area contributed by atoms with Crippen molar-refractivity contribution in [2.24, 2.45) is 0 Å². The van der Waals surface area contributed by atoms with Gasteiger partial charge in [-0.3, -0.25) is 0 Å². The van der Waals surface area contributed by atoms with Gasteiger partial charge in [0.15, 0.2) is 0 Å². The van der Waals surface area contributed by atoms with E-state index in [0.29, 0.717) is 10.4 Å². The van der Waals surface area contributed by atoms with Crippen LogP contribution in [0.5, 0.6) is 0 Å². The maximum absolute atomic E-state index is 13.2. The summed E-state index contributed by atoms with van der Waals surface area (Å²) in [6.45, 7) is 4.02. The Labute approximate surface area is 75.9 Å². The van der Waals surface area contributed by atoms with Crippen molar-refractivity contribution in [3.63, 3.8) is 0 Å². The van der Waals surface area contributed by atoms with Crippen molar-refractivity contribution in [2.75, 3.05) is 0 Å². The first-order valence-electron chi connectivity index (χ1n) is 4.34. The van der Waals surface area contributed by atoms with E-state index in [4.69, 9.17) is 0 Å². The molecule has 0 amide bonds. The van der Waals surface area contributed by atoms with Crippen molar-refractivity contribution in [1.82, 2.24) is 10.0 Å². The van der Waals surface area contributed by atoms with Gasteiger partial charge in [-0.15, -0.1) is 5.10 Å². The van der Waals surface area contributed by atoms with Crippen molar-refractivity contribution in [3.05, 3.63) is 30.0 Å². The molecule has 1 aromatic heterocycles. The molecule has 2 aromatic rings. The topological polar surface area (TPSA) is 17.8 Å². The van der Waals surface area contributed by atoms with Gasteiger partial charge >= 0.3 is 0 Å². The van der Waals surface area contributed by atoms with Gasteiger partial charge in [0.25, 0.3) is 0 Å². The summed E-state index contributed by atoms with van der Waals surface area (Å²) in [5.41, 5.74) is 1.37. The fraction of sp³-hybridized carbons (Fsp3) is 0.300. The molecule has 3 heteroatoms. The van der Waals surface area contributed by atoms with Crippen LogP contribution in [0.1, 0.15) is 25.5 Å². The minimum Gasteiger partial charge on any atom is -0.146 e. The Morgan fingerprint density at radius 3 is 2.69 bits per heavy atom. The smallest absolute Gasteiger partial charge is 0.104 e. The molecule has 2 rings (SSSR count). The molecule has 0 radical (unpaired) electrons. The summed E-state index contributed by atoms with van der Waals surface area (Å²) >= 11 is 0. The second-order valence-corrected chi connectivity index (χ2v) is 3.42. The van der Waals surface area contributed by atoms with Crippen molar-refractivity contribution < 1.29 is 4.48 Å². The van der Waals surface area contributed by atoms with Crippen molar-refractivity contribution in [2.45, 2.75) is 19.8 Å². The van der Waals surface area contributed by atoms with Gasteiger partial charge in [-0.05, 0) is 12.0 Å². The lowest BCUT2D eigenvalue weighted by Crippen LogP contribution is -1.90. The minimum absolute atomic E-state index is 0.252. The summed E-state index contributed by atoms with van der Waals surface area (Å²) < 4.78 is 13.2. The second kappa shape index (κ2) is 2.83. The van der Waals surface area contributed by atoms with Gasteiger partial charge in [0.1, 0.15) is 5.52 Å². The largest absolute Gasteiger partial charge is 0.146 e. The molecule has 0 spiro atoms. The number of benzene rings is 1. The lowest BCUT2D eigenvalue weighted by Gasteiger charge is -1.98. The molecule has 0 bridgehead atoms. The Balaban J connectivity index is 2.78. The van der Waals surface area contributed by atoms with Crippen LogP contribution in [0.3, 0.4) is 0 Å². The molecule has 1 aromatic carbocycles. The molecule has 0 atom stereocenters. The number of nitrogens with zero attached hydrogens (tertiary/aromatic N) is 2. The van der Waals surface area contributed by atoms with Crippen molar-refractivity contribution >= 4 is 10.9 Å². The fourth-order valence-electron chi connectivity index (χ4n) is 1.48. The van der Waals surface area contributed by atoms with Crippen LogP contribution >= 0.6 is 0 Å². The number of hydrogen-bond acceptors (Lipinski definition) is 1. The van der Waals surface area contributed by atoms with Crippen LogP contribution in [-0.4, -0.2) is 10.0 Å². The summed E-state index contributed by atoms with van der Waals surface area (Å²) in [6, 6.07) is 7.34. The Morgan fingerprint density at radius 2 is 2.00 bits per heavy atom. The summed E-state index contributed by atoms with van der Waals surface area (Å²) in [4.78, 5) is 0.449. The molecule has 2 nitrogen and oxygen atoms in total. The van der Waals surface area contributed by atoms with Crippen molar-refractivity contribution in [3.8, 4) is 0 Å². The predicted molar refractivity (Wildman–Crippen MR) is 50.3 cm³/mol. The zero-order valence-electron chi connectivity index (χ0n) is 7.66. The Bertz CT molecular complexity index is 431. The zero-order chi connectivity index (χ0) is 9.42. The number of aromatic nitrogens is 2. The lowest BCUT2D eigenvalue weighted by atomic mass is 10.1. The van der Waals surface area contributed by atoms with Crippen LogP contribution in [0, 0.1) is 0 Å². The molecular formula is C10H11FN2. The van der Waals surface area contributed by atoms with E-state index in [2.05, 4.69) is 5.10 Å². The summed E-state index contributed by atoms with van der Waals surface area (Å²) in [6.07, 6.45) is 0. The van der Waals surface area contributed by atoms with Crippen LogP contribution in [0.15, 0.2) is 24.3 Å². The molecule has 0 aliphatic heterocycles. The SMILES string of the molecule is CC(C)c1nn(F)c2ccccc12. The third-order valence-corrected chi connectivity index (χ3v) is 2.12. The van der Waals surface area contributed by atoms with E-state index in [9.17, 15) is 4.48 Å². The normalized spacial score (nSPS) is 11.4. The van der Waals surface area contributed by atoms with E-state index in [0.717, 1.165) is 11.1 Å². The highest BCUT2D eigenvalue weighted by Gasteiger charge is 2.11. The Kier molecular flexibility index (Phi) is 1.79. The van der Waals surface area contributed by atoms with E-state index < -0.39 is 0 Å². The first-order chi connectivity index (χ1) is 6.20. The monoisotopic (exact) mass is 178 g/mol. The molecule has 0 fully saturated rings. The van der Waals surface area contributed by atoms with Gasteiger partial charge in [-0.1, -0.05) is 41.4 Å². The highest BCUT2D eigenvalue weighted by Crippen LogP contribution is 2.24. The maximum Gasteiger partial charge on any atom is 0.104 e. The van der Waals surface area contributed by atoms with Gasteiger partial charge < -0.3 is 0 Å². The highest BCUT2D eigenvalue weighted by atomic mass is 19.2. The average molecular weight is 178 g/mol. The molecule has 0 aliphatic rings. The van der Waals surface area contributed by atoms with Gasteiger partial charge in [-0.25, -0.2) is 0 Å². The van der Waals surface area contributed by atoms with E-state index in [1.807, 2.05) is 32.0 Å². The molecule has 0 N–H and O–H groups in total. The van der Waals surface area contributed by atoms with Crippen LogP contribution in [0.2, 0.25) is 0 Å². The summed E-state index contributed by atoms with van der Waals surface area (Å²) in [5, 5.41) is 4.74. The van der Waals surface area contributed by atoms with E-state index in [1.165, 1.54) is 0 Å². The molecule has 0 aliphatic carbocycles.